The maximum absolute atomic E-state index is 11.6. The Morgan fingerprint density at radius 1 is 1.60 bits per heavy atom. The van der Waals surface area contributed by atoms with Crippen LogP contribution in [0.5, 0.6) is 0 Å². The molecule has 82 valence electrons. The quantitative estimate of drug-likeness (QED) is 0.827. The number of carboxylic acid groups (broad SMARTS) is 1. The summed E-state index contributed by atoms with van der Waals surface area (Å²) in [5, 5.41) is 9.01. The van der Waals surface area contributed by atoms with Crippen LogP contribution in [0.1, 0.15) is 0 Å². The van der Waals surface area contributed by atoms with E-state index >= 15 is 0 Å². The van der Waals surface area contributed by atoms with Gasteiger partial charge in [0.2, 0.25) is 0 Å². The monoisotopic (exact) mass is 247 g/mol. The minimum atomic E-state index is -1.43. The molecule has 1 aromatic rings. The zero-order chi connectivity index (χ0) is 11.4. The van der Waals surface area contributed by atoms with Crippen LogP contribution in [-0.4, -0.2) is 27.1 Å². The van der Waals surface area contributed by atoms with Crippen molar-refractivity contribution in [3.05, 3.63) is 29.3 Å². The van der Waals surface area contributed by atoms with E-state index in [-0.39, 0.29) is 5.75 Å². The molecule has 0 saturated carbocycles. The van der Waals surface area contributed by atoms with Crippen LogP contribution >= 0.6 is 11.6 Å². The molecule has 1 rings (SSSR count). The van der Waals surface area contributed by atoms with Crippen LogP contribution in [-0.2, 0) is 15.6 Å². The average molecular weight is 248 g/mol. The summed E-state index contributed by atoms with van der Waals surface area (Å²) in [6, 6.07) is 5.34. The molecule has 3 N–H and O–H groups in total. The van der Waals surface area contributed by atoms with Gasteiger partial charge >= 0.3 is 5.97 Å². The van der Waals surface area contributed by atoms with Crippen LogP contribution in [0.2, 0.25) is 5.02 Å². The molecule has 0 heterocycles. The van der Waals surface area contributed by atoms with Crippen molar-refractivity contribution in [3.63, 3.8) is 0 Å². The van der Waals surface area contributed by atoms with Gasteiger partial charge in [-0.25, -0.2) is 0 Å². The van der Waals surface area contributed by atoms with Gasteiger partial charge < -0.3 is 10.8 Å². The van der Waals surface area contributed by atoms with Crippen LogP contribution in [0.25, 0.3) is 0 Å². The molecule has 0 aliphatic heterocycles. The molecule has 6 heteroatoms. The molecule has 2 atom stereocenters. The lowest BCUT2D eigenvalue weighted by Crippen LogP contribution is -2.35. The predicted molar refractivity (Wildman–Crippen MR) is 58.3 cm³/mol. The summed E-state index contributed by atoms with van der Waals surface area (Å²) in [6.07, 6.45) is 0. The Kier molecular flexibility index (Phi) is 4.26. The molecule has 0 saturated heterocycles. The summed E-state index contributed by atoms with van der Waals surface area (Å²) in [6.45, 7) is 0. The van der Waals surface area contributed by atoms with Crippen molar-refractivity contribution < 1.29 is 14.1 Å². The third kappa shape index (κ3) is 3.62. The molecular formula is C9H10ClNO3S. The smallest absolute Gasteiger partial charge is 0.321 e. The number of carboxylic acids is 1. The summed E-state index contributed by atoms with van der Waals surface area (Å²) < 4.78 is 11.6. The maximum atomic E-state index is 11.6. The van der Waals surface area contributed by atoms with Crippen LogP contribution in [0, 0.1) is 0 Å². The molecule has 0 fully saturated rings. The first-order valence-corrected chi connectivity index (χ1v) is 5.82. The lowest BCUT2D eigenvalue weighted by Gasteiger charge is -2.06. The Morgan fingerprint density at radius 3 is 2.80 bits per heavy atom. The SMILES string of the molecule is NC(CS(=O)c1cccc(Cl)c1)C(=O)O. The molecule has 0 spiro atoms. The molecule has 0 radical (unpaired) electrons. The highest BCUT2D eigenvalue weighted by Gasteiger charge is 2.16. The van der Waals surface area contributed by atoms with Gasteiger partial charge in [0.1, 0.15) is 6.04 Å². The van der Waals surface area contributed by atoms with E-state index in [4.69, 9.17) is 22.4 Å². The van der Waals surface area contributed by atoms with Gasteiger partial charge in [-0.3, -0.25) is 9.00 Å². The Bertz CT molecular complexity index is 397. The van der Waals surface area contributed by atoms with Crippen molar-refractivity contribution in [2.24, 2.45) is 5.73 Å². The van der Waals surface area contributed by atoms with E-state index in [0.29, 0.717) is 9.92 Å². The second-order valence-electron chi connectivity index (χ2n) is 2.91. The number of benzene rings is 1. The van der Waals surface area contributed by atoms with Crippen molar-refractivity contribution in [3.8, 4) is 0 Å². The van der Waals surface area contributed by atoms with Gasteiger partial charge in [-0.2, -0.15) is 0 Å². The number of hydrogen-bond acceptors (Lipinski definition) is 3. The lowest BCUT2D eigenvalue weighted by atomic mass is 10.4. The fourth-order valence-electron chi connectivity index (χ4n) is 0.939. The molecule has 0 amide bonds. The molecule has 0 aliphatic carbocycles. The van der Waals surface area contributed by atoms with Gasteiger partial charge in [-0.05, 0) is 18.2 Å². The molecule has 0 bridgehead atoms. The molecule has 1 aromatic carbocycles. The van der Waals surface area contributed by atoms with Gasteiger partial charge in [0.25, 0.3) is 0 Å². The molecule has 2 unspecified atom stereocenters. The zero-order valence-electron chi connectivity index (χ0n) is 7.72. The van der Waals surface area contributed by atoms with E-state index in [0.717, 1.165) is 0 Å². The van der Waals surface area contributed by atoms with E-state index in [2.05, 4.69) is 0 Å². The Morgan fingerprint density at radius 2 is 2.27 bits per heavy atom. The number of carbonyl (C=O) groups is 1. The highest BCUT2D eigenvalue weighted by Crippen LogP contribution is 2.14. The normalized spacial score (nSPS) is 14.5. The van der Waals surface area contributed by atoms with E-state index in [1.54, 1.807) is 18.2 Å². The Balaban J connectivity index is 2.73. The highest BCUT2D eigenvalue weighted by molar-refractivity contribution is 7.85. The van der Waals surface area contributed by atoms with E-state index in [9.17, 15) is 9.00 Å². The first-order chi connectivity index (χ1) is 7.00. The Labute approximate surface area is 94.5 Å². The van der Waals surface area contributed by atoms with Crippen LogP contribution in [0.4, 0.5) is 0 Å². The van der Waals surface area contributed by atoms with Crippen LogP contribution in [0.15, 0.2) is 29.2 Å². The number of nitrogens with two attached hydrogens (primary N) is 1. The molecule has 15 heavy (non-hydrogen) atoms. The van der Waals surface area contributed by atoms with Gasteiger partial charge in [-0.1, -0.05) is 17.7 Å². The fraction of sp³-hybridized carbons (Fsp3) is 0.222. The van der Waals surface area contributed by atoms with Crippen LogP contribution in [0.3, 0.4) is 0 Å². The third-order valence-corrected chi connectivity index (χ3v) is 3.38. The van der Waals surface area contributed by atoms with Crippen molar-refractivity contribution in [2.45, 2.75) is 10.9 Å². The third-order valence-electron chi connectivity index (χ3n) is 1.71. The van der Waals surface area contributed by atoms with Gasteiger partial charge in [0, 0.05) is 9.92 Å². The second kappa shape index (κ2) is 5.25. The van der Waals surface area contributed by atoms with Crippen LogP contribution < -0.4 is 5.73 Å². The standard InChI is InChI=1S/C9H10ClNO3S/c10-6-2-1-3-7(4-6)15(14)5-8(11)9(12)13/h1-4,8H,5,11H2,(H,12,13). The second-order valence-corrected chi connectivity index (χ2v) is 4.85. The van der Waals surface area contributed by atoms with E-state index in [1.807, 2.05) is 0 Å². The van der Waals surface area contributed by atoms with Gasteiger partial charge in [0.15, 0.2) is 0 Å². The van der Waals surface area contributed by atoms with E-state index in [1.165, 1.54) is 6.07 Å². The lowest BCUT2D eigenvalue weighted by molar-refractivity contribution is -0.137. The predicted octanol–water partition coefficient (Wildman–Crippen LogP) is 0.859. The van der Waals surface area contributed by atoms with E-state index < -0.39 is 22.8 Å². The minimum absolute atomic E-state index is 0.115. The number of halogens is 1. The summed E-state index contributed by atoms with van der Waals surface area (Å²) >= 11 is 5.71. The van der Waals surface area contributed by atoms with Gasteiger partial charge in [0.05, 0.1) is 16.6 Å². The summed E-state index contributed by atoms with van der Waals surface area (Å²) in [5.41, 5.74) is 5.27. The fourth-order valence-corrected chi connectivity index (χ4v) is 2.34. The summed E-state index contributed by atoms with van der Waals surface area (Å²) in [5.74, 6) is -1.28. The summed E-state index contributed by atoms with van der Waals surface area (Å²) in [7, 11) is -1.43. The number of hydrogen-bond donors (Lipinski definition) is 2. The molecular weight excluding hydrogens is 238 g/mol. The number of aliphatic carboxylic acids is 1. The topological polar surface area (TPSA) is 80.4 Å². The van der Waals surface area contributed by atoms with Crippen molar-refractivity contribution >= 4 is 28.4 Å². The average Bonchev–Trinajstić information content (AvgIpc) is 2.17. The zero-order valence-corrected chi connectivity index (χ0v) is 9.29. The first kappa shape index (κ1) is 12.2. The molecule has 0 aliphatic rings. The largest absolute Gasteiger partial charge is 0.480 e. The molecule has 4 nitrogen and oxygen atoms in total. The van der Waals surface area contributed by atoms with Crippen molar-refractivity contribution in [2.75, 3.05) is 5.75 Å². The van der Waals surface area contributed by atoms with Crippen molar-refractivity contribution in [1.29, 1.82) is 0 Å². The minimum Gasteiger partial charge on any atom is -0.480 e. The Hall–Kier alpha value is -0.910. The van der Waals surface area contributed by atoms with Gasteiger partial charge in [-0.15, -0.1) is 0 Å². The first-order valence-electron chi connectivity index (χ1n) is 4.13. The summed E-state index contributed by atoms with van der Waals surface area (Å²) in [4.78, 5) is 10.9. The molecule has 0 aromatic heterocycles. The number of rotatable bonds is 4. The van der Waals surface area contributed by atoms with Crippen molar-refractivity contribution in [1.82, 2.24) is 0 Å². The highest BCUT2D eigenvalue weighted by atomic mass is 35.5. The maximum Gasteiger partial charge on any atom is 0.321 e.